The summed E-state index contributed by atoms with van der Waals surface area (Å²) < 4.78 is 5.52. The topological polar surface area (TPSA) is 39.2 Å². The molecule has 0 saturated heterocycles. The molecular formula is C16H15NO2. The number of carbonyl (C=O) groups excluding carboxylic acids is 1. The number of hydrogen-bond donors (Lipinski definition) is 0. The standard InChI is InChI=1S/C16H15NO2/c18-12-15-8-9-16(17-11-15)7-4-10-19-13-14-5-2-1-3-6-14/h1-9,11-12H,10,13H2. The summed E-state index contributed by atoms with van der Waals surface area (Å²) in [6, 6.07) is 13.6. The Morgan fingerprint density at radius 3 is 2.63 bits per heavy atom. The maximum Gasteiger partial charge on any atom is 0.151 e. The summed E-state index contributed by atoms with van der Waals surface area (Å²) in [7, 11) is 0. The number of ether oxygens (including phenoxy) is 1. The molecule has 96 valence electrons. The molecule has 0 N–H and O–H groups in total. The van der Waals surface area contributed by atoms with Gasteiger partial charge in [0.1, 0.15) is 0 Å². The monoisotopic (exact) mass is 253 g/mol. The fourth-order valence-corrected chi connectivity index (χ4v) is 1.57. The molecule has 0 aliphatic rings. The van der Waals surface area contributed by atoms with Gasteiger partial charge in [0.2, 0.25) is 0 Å². The van der Waals surface area contributed by atoms with Gasteiger partial charge < -0.3 is 4.74 Å². The van der Waals surface area contributed by atoms with Crippen molar-refractivity contribution in [3.8, 4) is 0 Å². The predicted molar refractivity (Wildman–Crippen MR) is 74.8 cm³/mol. The third-order valence-electron chi connectivity index (χ3n) is 2.56. The molecule has 3 heteroatoms. The van der Waals surface area contributed by atoms with Crippen molar-refractivity contribution in [2.45, 2.75) is 6.61 Å². The summed E-state index contributed by atoms with van der Waals surface area (Å²) in [6.07, 6.45) is 6.12. The molecule has 3 nitrogen and oxygen atoms in total. The van der Waals surface area contributed by atoms with Crippen molar-refractivity contribution in [3.63, 3.8) is 0 Å². The molecule has 0 amide bonds. The number of benzene rings is 1. The van der Waals surface area contributed by atoms with Crippen LogP contribution in [0.15, 0.2) is 54.7 Å². The second-order valence-corrected chi connectivity index (χ2v) is 4.04. The minimum atomic E-state index is 0.534. The zero-order valence-corrected chi connectivity index (χ0v) is 10.5. The maximum atomic E-state index is 10.5. The fraction of sp³-hybridized carbons (Fsp3) is 0.125. The molecule has 0 radical (unpaired) electrons. The molecule has 1 aromatic carbocycles. The third kappa shape index (κ3) is 4.48. The Labute approximate surface area is 112 Å². The molecule has 1 heterocycles. The number of hydrogen-bond acceptors (Lipinski definition) is 3. The highest BCUT2D eigenvalue weighted by atomic mass is 16.5. The van der Waals surface area contributed by atoms with E-state index in [1.165, 1.54) is 0 Å². The van der Waals surface area contributed by atoms with Gasteiger partial charge in [-0.2, -0.15) is 0 Å². The molecule has 0 aliphatic heterocycles. The number of pyridine rings is 1. The van der Waals surface area contributed by atoms with Gasteiger partial charge in [0.05, 0.1) is 18.9 Å². The normalized spacial score (nSPS) is 10.7. The average Bonchev–Trinajstić information content (AvgIpc) is 2.49. The van der Waals surface area contributed by atoms with Crippen LogP contribution in [0, 0.1) is 0 Å². The highest BCUT2D eigenvalue weighted by Gasteiger charge is 1.92. The Morgan fingerprint density at radius 2 is 1.95 bits per heavy atom. The maximum absolute atomic E-state index is 10.5. The molecule has 0 fully saturated rings. The number of rotatable bonds is 6. The first-order valence-corrected chi connectivity index (χ1v) is 6.08. The minimum absolute atomic E-state index is 0.534. The van der Waals surface area contributed by atoms with Gasteiger partial charge in [-0.3, -0.25) is 9.78 Å². The molecule has 0 saturated carbocycles. The SMILES string of the molecule is O=Cc1ccc(C=CCOCc2ccccc2)nc1. The summed E-state index contributed by atoms with van der Waals surface area (Å²) in [5.74, 6) is 0. The number of nitrogens with zero attached hydrogens (tertiary/aromatic N) is 1. The van der Waals surface area contributed by atoms with Gasteiger partial charge >= 0.3 is 0 Å². The van der Waals surface area contributed by atoms with Crippen molar-refractivity contribution >= 4 is 12.4 Å². The van der Waals surface area contributed by atoms with Crippen LogP contribution in [-0.4, -0.2) is 17.9 Å². The van der Waals surface area contributed by atoms with E-state index in [2.05, 4.69) is 4.98 Å². The second-order valence-electron chi connectivity index (χ2n) is 4.04. The van der Waals surface area contributed by atoms with Crippen LogP contribution in [0.25, 0.3) is 6.08 Å². The Kier molecular flexibility index (Phi) is 5.02. The van der Waals surface area contributed by atoms with E-state index >= 15 is 0 Å². The van der Waals surface area contributed by atoms with Crippen LogP contribution in [-0.2, 0) is 11.3 Å². The molecule has 1 aromatic heterocycles. The lowest BCUT2D eigenvalue weighted by atomic mass is 10.2. The van der Waals surface area contributed by atoms with E-state index in [-0.39, 0.29) is 0 Å². The lowest BCUT2D eigenvalue weighted by Gasteiger charge is -2.00. The smallest absolute Gasteiger partial charge is 0.151 e. The van der Waals surface area contributed by atoms with Crippen molar-refractivity contribution in [2.24, 2.45) is 0 Å². The van der Waals surface area contributed by atoms with Gasteiger partial charge in [-0.25, -0.2) is 0 Å². The van der Waals surface area contributed by atoms with Crippen LogP contribution >= 0.6 is 0 Å². The average molecular weight is 253 g/mol. The Hall–Kier alpha value is -2.26. The molecule has 0 atom stereocenters. The van der Waals surface area contributed by atoms with Gasteiger partial charge in [0.25, 0.3) is 0 Å². The van der Waals surface area contributed by atoms with Gasteiger partial charge in [-0.05, 0) is 23.8 Å². The van der Waals surface area contributed by atoms with E-state index in [4.69, 9.17) is 4.74 Å². The lowest BCUT2D eigenvalue weighted by molar-refractivity contribution is 0.112. The van der Waals surface area contributed by atoms with Gasteiger partial charge in [0.15, 0.2) is 6.29 Å². The molecule has 2 rings (SSSR count). The fourth-order valence-electron chi connectivity index (χ4n) is 1.57. The van der Waals surface area contributed by atoms with Gasteiger partial charge in [0, 0.05) is 11.8 Å². The van der Waals surface area contributed by atoms with Gasteiger partial charge in [-0.15, -0.1) is 0 Å². The van der Waals surface area contributed by atoms with E-state index < -0.39 is 0 Å². The molecule has 0 unspecified atom stereocenters. The lowest BCUT2D eigenvalue weighted by Crippen LogP contribution is -1.92. The first kappa shape index (κ1) is 13.2. The summed E-state index contributed by atoms with van der Waals surface area (Å²) >= 11 is 0. The van der Waals surface area contributed by atoms with Crippen LogP contribution < -0.4 is 0 Å². The first-order valence-electron chi connectivity index (χ1n) is 6.08. The Bertz CT molecular complexity index is 532. The van der Waals surface area contributed by atoms with Crippen molar-refractivity contribution in [1.82, 2.24) is 4.98 Å². The van der Waals surface area contributed by atoms with Crippen LogP contribution in [0.2, 0.25) is 0 Å². The Balaban J connectivity index is 1.75. The molecule has 19 heavy (non-hydrogen) atoms. The first-order chi connectivity index (χ1) is 9.38. The summed E-state index contributed by atoms with van der Waals surface area (Å²) in [4.78, 5) is 14.6. The predicted octanol–water partition coefficient (Wildman–Crippen LogP) is 3.12. The summed E-state index contributed by atoms with van der Waals surface area (Å²) in [5, 5.41) is 0. The van der Waals surface area contributed by atoms with E-state index in [9.17, 15) is 4.79 Å². The minimum Gasteiger partial charge on any atom is -0.373 e. The number of aromatic nitrogens is 1. The van der Waals surface area contributed by atoms with E-state index in [1.807, 2.05) is 42.5 Å². The zero-order valence-electron chi connectivity index (χ0n) is 10.5. The van der Waals surface area contributed by atoms with Crippen LogP contribution in [0.1, 0.15) is 21.6 Å². The van der Waals surface area contributed by atoms with Crippen molar-refractivity contribution < 1.29 is 9.53 Å². The largest absolute Gasteiger partial charge is 0.373 e. The van der Waals surface area contributed by atoms with E-state index in [1.54, 1.807) is 18.3 Å². The van der Waals surface area contributed by atoms with Gasteiger partial charge in [-0.1, -0.05) is 36.4 Å². The third-order valence-corrected chi connectivity index (χ3v) is 2.56. The highest BCUT2D eigenvalue weighted by Crippen LogP contribution is 2.02. The van der Waals surface area contributed by atoms with Crippen molar-refractivity contribution in [2.75, 3.05) is 6.61 Å². The second kappa shape index (κ2) is 7.24. The summed E-state index contributed by atoms with van der Waals surface area (Å²) in [6.45, 7) is 1.13. The number of aldehydes is 1. The molecular weight excluding hydrogens is 238 g/mol. The van der Waals surface area contributed by atoms with E-state index in [0.29, 0.717) is 18.8 Å². The zero-order chi connectivity index (χ0) is 13.3. The molecule has 0 bridgehead atoms. The van der Waals surface area contributed by atoms with E-state index in [0.717, 1.165) is 17.5 Å². The molecule has 0 aliphatic carbocycles. The van der Waals surface area contributed by atoms with Crippen LogP contribution in [0.5, 0.6) is 0 Å². The summed E-state index contributed by atoms with van der Waals surface area (Å²) in [5.41, 5.74) is 2.55. The Morgan fingerprint density at radius 1 is 1.11 bits per heavy atom. The van der Waals surface area contributed by atoms with Crippen LogP contribution in [0.3, 0.4) is 0 Å². The highest BCUT2D eigenvalue weighted by molar-refractivity contribution is 5.74. The number of carbonyl (C=O) groups is 1. The molecule has 2 aromatic rings. The molecule has 0 spiro atoms. The van der Waals surface area contributed by atoms with Crippen molar-refractivity contribution in [1.29, 1.82) is 0 Å². The quantitative estimate of drug-likeness (QED) is 0.586. The van der Waals surface area contributed by atoms with Crippen molar-refractivity contribution in [3.05, 3.63) is 71.6 Å². The van der Waals surface area contributed by atoms with Crippen LogP contribution in [0.4, 0.5) is 0 Å².